The van der Waals surface area contributed by atoms with Gasteiger partial charge in [0, 0.05) is 6.42 Å². The average molecular weight is 962 g/mol. The predicted octanol–water partition coefficient (Wildman–Crippen LogP) is 16.9. The van der Waals surface area contributed by atoms with Gasteiger partial charge in [0.1, 0.15) is 13.2 Å². The molecule has 0 aromatic carbocycles. The standard InChI is InChI=1S/C58H109N2O6P/c1-6-8-10-12-14-16-18-20-21-22-23-24-25-26-27-28-29-30-31-32-33-34-35-36-37-38-39-40-42-44-46-48-50-52-58(62)59-56(55-66-67(63,64)65-54-53-60(3,4)5)57(61)51-49-47-45-43-41-19-17-15-13-11-9-7-2/h13,15,23-24,26-27,41,43,49,51,56-57,61H,6-12,14,16-22,25,28-40,42,44-48,50,52-55H2,1-5H3,(H-,59,62,63,64)/p+1/b15-13+,24-23-,27-26-,43-41+,51-49+. The van der Waals surface area contributed by atoms with Crippen LogP contribution in [0.1, 0.15) is 251 Å². The number of nitrogens with zero attached hydrogens (tertiary/aromatic N) is 1. The first-order valence-corrected chi connectivity index (χ1v) is 29.7. The summed E-state index contributed by atoms with van der Waals surface area (Å²) in [6.07, 6.45) is 66.3. The van der Waals surface area contributed by atoms with E-state index < -0.39 is 20.0 Å². The zero-order chi connectivity index (χ0) is 49.2. The molecular weight excluding hydrogens is 852 g/mol. The van der Waals surface area contributed by atoms with Crippen LogP contribution in [0.2, 0.25) is 0 Å². The Morgan fingerprint density at radius 2 is 0.881 bits per heavy atom. The number of phosphoric ester groups is 1. The van der Waals surface area contributed by atoms with Gasteiger partial charge in [-0.15, -0.1) is 0 Å². The third-order valence-corrected chi connectivity index (χ3v) is 13.4. The SMILES string of the molecule is CCCC/C=C/CC/C=C/CC/C=C/C(O)C(COP(=O)(O)OCC[N+](C)(C)C)NC(=O)CCCCCCCCCCCCCCCCCCC/C=C\C/C=C\CCCCCCCCCCC. The third-order valence-electron chi connectivity index (χ3n) is 12.4. The van der Waals surface area contributed by atoms with Crippen molar-refractivity contribution in [2.45, 2.75) is 264 Å². The molecule has 0 radical (unpaired) electrons. The van der Waals surface area contributed by atoms with Crippen LogP contribution in [0.15, 0.2) is 60.8 Å². The molecule has 0 spiro atoms. The summed E-state index contributed by atoms with van der Waals surface area (Å²) in [6.45, 7) is 4.74. The lowest BCUT2D eigenvalue weighted by molar-refractivity contribution is -0.870. The van der Waals surface area contributed by atoms with E-state index in [0.717, 1.165) is 57.8 Å². The quantitative estimate of drug-likeness (QED) is 0.0243. The van der Waals surface area contributed by atoms with Gasteiger partial charge in [-0.25, -0.2) is 4.57 Å². The zero-order valence-electron chi connectivity index (χ0n) is 44.6. The van der Waals surface area contributed by atoms with Gasteiger partial charge < -0.3 is 19.8 Å². The fourth-order valence-corrected chi connectivity index (χ4v) is 8.71. The average Bonchev–Trinajstić information content (AvgIpc) is 3.29. The molecule has 3 atom stereocenters. The van der Waals surface area contributed by atoms with E-state index in [-0.39, 0.29) is 19.1 Å². The fraction of sp³-hybridized carbons (Fsp3) is 0.810. The van der Waals surface area contributed by atoms with E-state index in [2.05, 4.69) is 67.8 Å². The van der Waals surface area contributed by atoms with E-state index in [1.165, 1.54) is 173 Å². The molecule has 0 heterocycles. The molecule has 0 fully saturated rings. The van der Waals surface area contributed by atoms with Gasteiger partial charge in [-0.05, 0) is 70.6 Å². The van der Waals surface area contributed by atoms with Crippen LogP contribution in [0.25, 0.3) is 0 Å². The number of aliphatic hydroxyl groups excluding tert-OH is 1. The molecule has 0 aliphatic rings. The highest BCUT2D eigenvalue weighted by Gasteiger charge is 2.27. The highest BCUT2D eigenvalue weighted by Crippen LogP contribution is 2.43. The summed E-state index contributed by atoms with van der Waals surface area (Å²) < 4.78 is 23.6. The largest absolute Gasteiger partial charge is 0.472 e. The number of rotatable bonds is 51. The smallest absolute Gasteiger partial charge is 0.387 e. The Morgan fingerprint density at radius 3 is 1.33 bits per heavy atom. The fourth-order valence-electron chi connectivity index (χ4n) is 7.97. The van der Waals surface area contributed by atoms with Crippen molar-refractivity contribution >= 4 is 13.7 Å². The number of amides is 1. The normalized spacial score (nSPS) is 14.4. The number of nitrogens with one attached hydrogen (secondary N) is 1. The van der Waals surface area contributed by atoms with Crippen molar-refractivity contribution in [2.24, 2.45) is 0 Å². The number of aliphatic hydroxyl groups is 1. The molecule has 0 aliphatic carbocycles. The molecule has 8 nitrogen and oxygen atoms in total. The summed E-state index contributed by atoms with van der Waals surface area (Å²) >= 11 is 0. The van der Waals surface area contributed by atoms with Crippen LogP contribution < -0.4 is 5.32 Å². The number of hydrogen-bond donors (Lipinski definition) is 3. The maximum atomic E-state index is 12.9. The van der Waals surface area contributed by atoms with E-state index in [1.54, 1.807) is 6.08 Å². The molecule has 9 heteroatoms. The molecule has 0 aromatic heterocycles. The lowest BCUT2D eigenvalue weighted by atomic mass is 10.0. The molecule has 3 unspecified atom stereocenters. The number of allylic oxidation sites excluding steroid dienone is 9. The Balaban J connectivity index is 4.03. The van der Waals surface area contributed by atoms with Crippen LogP contribution in [0.4, 0.5) is 0 Å². The Bertz CT molecular complexity index is 1270. The van der Waals surface area contributed by atoms with Gasteiger partial charge in [0.25, 0.3) is 0 Å². The van der Waals surface area contributed by atoms with Crippen molar-refractivity contribution in [1.82, 2.24) is 5.32 Å². The van der Waals surface area contributed by atoms with Crippen LogP contribution in [0.3, 0.4) is 0 Å². The highest BCUT2D eigenvalue weighted by atomic mass is 31.2. The van der Waals surface area contributed by atoms with Crippen molar-refractivity contribution in [2.75, 3.05) is 40.9 Å². The molecule has 0 rings (SSSR count). The van der Waals surface area contributed by atoms with E-state index in [1.807, 2.05) is 27.2 Å². The third kappa shape index (κ3) is 51.9. The number of quaternary nitrogens is 1. The van der Waals surface area contributed by atoms with Crippen molar-refractivity contribution in [3.05, 3.63) is 60.8 Å². The van der Waals surface area contributed by atoms with E-state index in [0.29, 0.717) is 17.4 Å². The van der Waals surface area contributed by atoms with Gasteiger partial charge in [-0.2, -0.15) is 0 Å². The van der Waals surface area contributed by atoms with Crippen molar-refractivity contribution in [1.29, 1.82) is 0 Å². The number of carbonyl (C=O) groups excluding carboxylic acids is 1. The van der Waals surface area contributed by atoms with Gasteiger partial charge in [0.05, 0.1) is 39.9 Å². The monoisotopic (exact) mass is 962 g/mol. The minimum Gasteiger partial charge on any atom is -0.387 e. The van der Waals surface area contributed by atoms with Gasteiger partial charge >= 0.3 is 7.82 Å². The molecule has 0 bridgehead atoms. The summed E-state index contributed by atoms with van der Waals surface area (Å²) in [6, 6.07) is -0.869. The highest BCUT2D eigenvalue weighted by molar-refractivity contribution is 7.47. The summed E-state index contributed by atoms with van der Waals surface area (Å²) in [5, 5.41) is 13.8. The number of carbonyl (C=O) groups is 1. The number of likely N-dealkylation sites (N-methyl/N-ethyl adjacent to an activating group) is 1. The molecule has 0 aliphatic heterocycles. The van der Waals surface area contributed by atoms with Crippen LogP contribution >= 0.6 is 7.82 Å². The maximum Gasteiger partial charge on any atom is 0.472 e. The second kappa shape index (κ2) is 49.2. The minimum absolute atomic E-state index is 0.0525. The maximum absolute atomic E-state index is 12.9. The molecule has 0 saturated heterocycles. The van der Waals surface area contributed by atoms with E-state index in [4.69, 9.17) is 9.05 Å². The predicted molar refractivity (Wildman–Crippen MR) is 290 cm³/mol. The number of unbranched alkanes of at least 4 members (excludes halogenated alkanes) is 30. The lowest BCUT2D eigenvalue weighted by Crippen LogP contribution is -2.45. The van der Waals surface area contributed by atoms with Crippen LogP contribution in [0.5, 0.6) is 0 Å². The molecule has 0 aromatic rings. The first kappa shape index (κ1) is 65.2. The van der Waals surface area contributed by atoms with E-state index in [9.17, 15) is 19.4 Å². The summed E-state index contributed by atoms with van der Waals surface area (Å²) in [4.78, 5) is 23.2. The zero-order valence-corrected chi connectivity index (χ0v) is 45.5. The van der Waals surface area contributed by atoms with Crippen LogP contribution in [0, 0.1) is 0 Å². The van der Waals surface area contributed by atoms with Crippen molar-refractivity contribution < 1.29 is 32.9 Å². The Kier molecular flexibility index (Phi) is 47.9. The minimum atomic E-state index is -4.35. The summed E-state index contributed by atoms with van der Waals surface area (Å²) in [5.74, 6) is -0.192. The number of phosphoric acid groups is 1. The first-order valence-electron chi connectivity index (χ1n) is 28.2. The second-order valence-electron chi connectivity index (χ2n) is 20.3. The topological polar surface area (TPSA) is 105 Å². The molecular formula is C58H110N2O6P+. The first-order chi connectivity index (χ1) is 32.5. The van der Waals surface area contributed by atoms with Crippen LogP contribution in [-0.4, -0.2) is 73.4 Å². The molecule has 1 amide bonds. The Labute approximate surface area is 415 Å². The molecule has 67 heavy (non-hydrogen) atoms. The summed E-state index contributed by atoms with van der Waals surface area (Å²) in [5.41, 5.74) is 0. The molecule has 0 saturated carbocycles. The Hall–Kier alpha value is -1.80. The van der Waals surface area contributed by atoms with Crippen molar-refractivity contribution in [3.63, 3.8) is 0 Å². The van der Waals surface area contributed by atoms with Gasteiger partial charge in [0.15, 0.2) is 0 Å². The molecule has 392 valence electrons. The second-order valence-corrected chi connectivity index (χ2v) is 21.7. The van der Waals surface area contributed by atoms with Crippen LogP contribution in [-0.2, 0) is 18.4 Å². The van der Waals surface area contributed by atoms with E-state index >= 15 is 0 Å². The number of hydrogen-bond acceptors (Lipinski definition) is 5. The Morgan fingerprint density at radius 1 is 0.507 bits per heavy atom. The van der Waals surface area contributed by atoms with Gasteiger partial charge in [0.2, 0.25) is 5.91 Å². The summed E-state index contributed by atoms with van der Waals surface area (Å²) in [7, 11) is 1.54. The molecule has 3 N–H and O–H groups in total. The lowest BCUT2D eigenvalue weighted by Gasteiger charge is -2.25. The van der Waals surface area contributed by atoms with Crippen molar-refractivity contribution in [3.8, 4) is 0 Å². The van der Waals surface area contributed by atoms with Gasteiger partial charge in [-0.3, -0.25) is 13.8 Å². The van der Waals surface area contributed by atoms with Gasteiger partial charge in [-0.1, -0.05) is 235 Å².